The number of fused-ring (bicyclic) bond motifs is 2. The zero-order valence-corrected chi connectivity index (χ0v) is 26.0. The molecule has 0 amide bonds. The first-order chi connectivity index (χ1) is 21.6. The highest BCUT2D eigenvalue weighted by molar-refractivity contribution is 7.23. The standard InChI is InChI=1S/C30H28ClF2N9O2S/c1-13(17-9-37-12-39-27(17)35)8-38-29-15-6-18(31)23(14-4-5-19(32)26-22(14)16(7-34)28(36)45-26)24(33)25(15)40-30(41-29)44-21-11-43-10-20(21)42(2)3/h4-6,9,12-13,20-21H,8,10-11,36H2,1-3H3,(H2,35,37,39)(H,38,40,41)/t13-,20+,21-/m0/s1. The summed E-state index contributed by atoms with van der Waals surface area (Å²) in [6.45, 7) is 3.02. The van der Waals surface area contributed by atoms with Crippen molar-refractivity contribution in [1.82, 2.24) is 24.8 Å². The van der Waals surface area contributed by atoms with Crippen molar-refractivity contribution >= 4 is 60.6 Å². The summed E-state index contributed by atoms with van der Waals surface area (Å²) in [5.41, 5.74) is 12.9. The van der Waals surface area contributed by atoms with Gasteiger partial charge in [-0.15, -0.1) is 11.3 Å². The number of nitriles is 1. The summed E-state index contributed by atoms with van der Waals surface area (Å²) in [5, 5.41) is 13.7. The molecule has 1 aliphatic heterocycles. The van der Waals surface area contributed by atoms with Gasteiger partial charge in [0.05, 0.1) is 34.5 Å². The van der Waals surface area contributed by atoms with E-state index in [1.54, 1.807) is 6.20 Å². The third kappa shape index (κ3) is 5.53. The van der Waals surface area contributed by atoms with Crippen LogP contribution in [0.3, 0.4) is 0 Å². The summed E-state index contributed by atoms with van der Waals surface area (Å²) in [7, 11) is 3.82. The second-order valence-electron chi connectivity index (χ2n) is 10.9. The van der Waals surface area contributed by atoms with Gasteiger partial charge in [0.1, 0.15) is 46.5 Å². The van der Waals surface area contributed by atoms with E-state index in [2.05, 4.69) is 25.3 Å². The van der Waals surface area contributed by atoms with Crippen molar-refractivity contribution in [2.24, 2.45) is 0 Å². The number of halogens is 3. The van der Waals surface area contributed by atoms with Crippen LogP contribution >= 0.6 is 22.9 Å². The normalized spacial score (nSPS) is 17.2. The lowest BCUT2D eigenvalue weighted by atomic mass is 9.97. The number of hydrogen-bond donors (Lipinski definition) is 3. The Labute approximate surface area is 265 Å². The fraction of sp³-hybridized carbons (Fsp3) is 0.300. The van der Waals surface area contributed by atoms with E-state index in [-0.39, 0.29) is 71.5 Å². The maximum absolute atomic E-state index is 16.8. The minimum absolute atomic E-state index is 0.00695. The van der Waals surface area contributed by atoms with Crippen LogP contribution < -0.4 is 21.5 Å². The number of likely N-dealkylation sites (N-methyl/N-ethyl adjacent to an activating group) is 1. The van der Waals surface area contributed by atoms with Crippen LogP contribution in [0.15, 0.2) is 30.7 Å². The molecular weight excluding hydrogens is 624 g/mol. The van der Waals surface area contributed by atoms with E-state index >= 15 is 4.39 Å². The van der Waals surface area contributed by atoms with E-state index < -0.39 is 17.7 Å². The zero-order chi connectivity index (χ0) is 32.0. The minimum atomic E-state index is -0.796. The fourth-order valence-electron chi connectivity index (χ4n) is 5.46. The van der Waals surface area contributed by atoms with Gasteiger partial charge in [0.15, 0.2) is 5.82 Å². The van der Waals surface area contributed by atoms with E-state index in [4.69, 9.17) is 32.5 Å². The molecular formula is C30H28ClF2N9O2S. The van der Waals surface area contributed by atoms with Crippen molar-refractivity contribution < 1.29 is 18.3 Å². The van der Waals surface area contributed by atoms with E-state index in [0.29, 0.717) is 25.6 Å². The van der Waals surface area contributed by atoms with Crippen LogP contribution in [-0.2, 0) is 4.74 Å². The highest BCUT2D eigenvalue weighted by Crippen LogP contribution is 2.45. The highest BCUT2D eigenvalue weighted by Gasteiger charge is 2.33. The molecule has 0 radical (unpaired) electrons. The molecule has 0 aliphatic carbocycles. The van der Waals surface area contributed by atoms with Gasteiger partial charge >= 0.3 is 6.01 Å². The van der Waals surface area contributed by atoms with Gasteiger partial charge in [-0.05, 0) is 31.8 Å². The number of hydrogen-bond acceptors (Lipinski definition) is 12. The Morgan fingerprint density at radius 1 is 1.27 bits per heavy atom. The largest absolute Gasteiger partial charge is 0.456 e. The van der Waals surface area contributed by atoms with E-state index in [9.17, 15) is 9.65 Å². The van der Waals surface area contributed by atoms with Gasteiger partial charge in [0.2, 0.25) is 0 Å². The molecule has 5 aromatic rings. The van der Waals surface area contributed by atoms with Crippen LogP contribution in [0.4, 0.5) is 25.4 Å². The van der Waals surface area contributed by atoms with Crippen LogP contribution in [0.1, 0.15) is 24.0 Å². The van der Waals surface area contributed by atoms with Crippen LogP contribution in [-0.4, -0.2) is 70.8 Å². The number of aromatic nitrogens is 4. The van der Waals surface area contributed by atoms with Crippen molar-refractivity contribution in [2.45, 2.75) is 25.0 Å². The second-order valence-corrected chi connectivity index (χ2v) is 12.4. The average molecular weight is 652 g/mol. The molecule has 3 atom stereocenters. The Bertz CT molecular complexity index is 1980. The Balaban J connectivity index is 1.50. The molecule has 2 aromatic carbocycles. The Morgan fingerprint density at radius 3 is 2.80 bits per heavy atom. The zero-order valence-electron chi connectivity index (χ0n) is 24.4. The third-order valence-electron chi connectivity index (χ3n) is 7.86. The van der Waals surface area contributed by atoms with Crippen LogP contribution in [0.5, 0.6) is 6.01 Å². The number of thiophene rings is 1. The summed E-state index contributed by atoms with van der Waals surface area (Å²) in [6, 6.07) is 5.97. The summed E-state index contributed by atoms with van der Waals surface area (Å²) < 4.78 is 43.5. The van der Waals surface area contributed by atoms with Crippen molar-refractivity contribution in [3.8, 4) is 23.2 Å². The van der Waals surface area contributed by atoms with Crippen molar-refractivity contribution in [1.29, 1.82) is 5.26 Å². The van der Waals surface area contributed by atoms with Crippen LogP contribution in [0.2, 0.25) is 5.02 Å². The third-order valence-corrected chi connectivity index (χ3v) is 9.19. The number of nitrogens with zero attached hydrogens (tertiary/aromatic N) is 6. The molecule has 0 saturated carbocycles. The van der Waals surface area contributed by atoms with Gasteiger partial charge in [-0.1, -0.05) is 24.6 Å². The summed E-state index contributed by atoms with van der Waals surface area (Å²) in [5.74, 6) is -0.910. The number of ether oxygens (including phenoxy) is 2. The predicted molar refractivity (Wildman–Crippen MR) is 170 cm³/mol. The Kier molecular flexibility index (Phi) is 8.27. The summed E-state index contributed by atoms with van der Waals surface area (Å²) >= 11 is 7.67. The van der Waals surface area contributed by atoms with Gasteiger partial charge < -0.3 is 31.2 Å². The highest BCUT2D eigenvalue weighted by atomic mass is 35.5. The molecule has 4 heterocycles. The number of nitrogen functional groups attached to an aromatic ring is 2. The lowest BCUT2D eigenvalue weighted by Crippen LogP contribution is -2.41. The first kappa shape index (κ1) is 30.6. The molecule has 15 heteroatoms. The first-order valence-electron chi connectivity index (χ1n) is 13.9. The molecule has 1 aliphatic rings. The molecule has 6 rings (SSSR count). The minimum Gasteiger partial charge on any atom is -0.456 e. The maximum atomic E-state index is 16.8. The van der Waals surface area contributed by atoms with Crippen molar-refractivity contribution in [3.05, 3.63) is 58.5 Å². The molecule has 0 unspecified atom stereocenters. The first-order valence-corrected chi connectivity index (χ1v) is 15.1. The van der Waals surface area contributed by atoms with Crippen LogP contribution in [0.25, 0.3) is 32.1 Å². The monoisotopic (exact) mass is 651 g/mol. The molecule has 3 aromatic heterocycles. The SMILES string of the molecule is C[C@@H](CNc1nc(O[C@H]2COC[C@H]2N(C)C)nc2c(F)c(-c3ccc(F)c4sc(N)c(C#N)c34)c(Cl)cc12)c1cncnc1N. The average Bonchev–Trinajstić information content (AvgIpc) is 3.61. The van der Waals surface area contributed by atoms with E-state index in [1.165, 1.54) is 24.5 Å². The molecule has 1 saturated heterocycles. The number of rotatable bonds is 8. The molecule has 11 nitrogen and oxygen atoms in total. The topological polar surface area (TPSA) is 161 Å². The molecule has 0 bridgehead atoms. The smallest absolute Gasteiger partial charge is 0.319 e. The molecule has 232 valence electrons. The summed E-state index contributed by atoms with van der Waals surface area (Å²) in [4.78, 5) is 19.2. The molecule has 1 fully saturated rings. The number of nitrogens with two attached hydrogens (primary N) is 2. The lowest BCUT2D eigenvalue weighted by molar-refractivity contribution is 0.117. The number of anilines is 3. The second kappa shape index (κ2) is 12.2. The van der Waals surface area contributed by atoms with Gasteiger partial charge in [-0.2, -0.15) is 15.2 Å². The lowest BCUT2D eigenvalue weighted by Gasteiger charge is -2.24. The predicted octanol–water partition coefficient (Wildman–Crippen LogP) is 5.19. The molecule has 0 spiro atoms. The quantitative estimate of drug-likeness (QED) is 0.202. The number of nitrogens with one attached hydrogen (secondary N) is 1. The van der Waals surface area contributed by atoms with Crippen molar-refractivity contribution in [3.63, 3.8) is 0 Å². The van der Waals surface area contributed by atoms with Crippen molar-refractivity contribution in [2.75, 3.05) is 50.6 Å². The van der Waals surface area contributed by atoms with E-state index in [1.807, 2.05) is 32.0 Å². The van der Waals surface area contributed by atoms with Gasteiger partial charge in [0, 0.05) is 40.6 Å². The summed E-state index contributed by atoms with van der Waals surface area (Å²) in [6.07, 6.45) is 2.60. The van der Waals surface area contributed by atoms with Gasteiger partial charge in [0.25, 0.3) is 0 Å². The fourth-order valence-corrected chi connectivity index (χ4v) is 6.70. The molecule has 45 heavy (non-hydrogen) atoms. The Hall–Kier alpha value is -4.42. The van der Waals surface area contributed by atoms with E-state index in [0.717, 1.165) is 16.9 Å². The van der Waals surface area contributed by atoms with Gasteiger partial charge in [-0.3, -0.25) is 0 Å². The maximum Gasteiger partial charge on any atom is 0.319 e. The number of benzene rings is 2. The van der Waals surface area contributed by atoms with Crippen LogP contribution in [0, 0.1) is 23.0 Å². The van der Waals surface area contributed by atoms with Gasteiger partial charge in [-0.25, -0.2) is 18.7 Å². The Morgan fingerprint density at radius 2 is 2.07 bits per heavy atom. The molecule has 5 N–H and O–H groups in total.